The first-order chi connectivity index (χ1) is 8.75. The van der Waals surface area contributed by atoms with Crippen molar-refractivity contribution >= 4 is 5.97 Å². The van der Waals surface area contributed by atoms with Crippen molar-refractivity contribution in [2.75, 3.05) is 7.11 Å². The van der Waals surface area contributed by atoms with Crippen molar-refractivity contribution in [1.82, 2.24) is 0 Å². The highest BCUT2D eigenvalue weighted by atomic mass is 16.5. The van der Waals surface area contributed by atoms with E-state index in [1.807, 2.05) is 19.9 Å². The number of carboxylic acid groups (broad SMARTS) is 1. The van der Waals surface area contributed by atoms with Crippen LogP contribution in [0.5, 0.6) is 5.75 Å². The fourth-order valence-electron chi connectivity index (χ4n) is 2.05. The fraction of sp³-hybridized carbons (Fsp3) is 0.533. The van der Waals surface area contributed by atoms with Gasteiger partial charge < -0.3 is 14.9 Å². The number of carboxylic acids is 1. The van der Waals surface area contributed by atoms with Crippen molar-refractivity contribution in [1.29, 1.82) is 0 Å². The number of rotatable bonds is 5. The molecule has 106 valence electrons. The first-order valence-corrected chi connectivity index (χ1v) is 6.39. The zero-order chi connectivity index (χ0) is 14.8. The van der Waals surface area contributed by atoms with Gasteiger partial charge in [-0.3, -0.25) is 0 Å². The summed E-state index contributed by atoms with van der Waals surface area (Å²) >= 11 is 0. The average molecular weight is 266 g/mol. The predicted molar refractivity (Wildman–Crippen MR) is 73.5 cm³/mol. The largest absolute Gasteiger partial charge is 0.496 e. The van der Waals surface area contributed by atoms with Crippen LogP contribution in [0.2, 0.25) is 0 Å². The molecular weight excluding hydrogens is 244 g/mol. The minimum atomic E-state index is -1.94. The zero-order valence-corrected chi connectivity index (χ0v) is 12.1. The molecule has 1 atom stereocenters. The second kappa shape index (κ2) is 5.61. The highest BCUT2D eigenvalue weighted by Crippen LogP contribution is 2.37. The summed E-state index contributed by atoms with van der Waals surface area (Å²) in [4.78, 5) is 11.4. The number of benzene rings is 1. The van der Waals surface area contributed by atoms with Crippen molar-refractivity contribution in [3.63, 3.8) is 0 Å². The smallest absolute Gasteiger partial charge is 0.340 e. The van der Waals surface area contributed by atoms with Gasteiger partial charge in [0.25, 0.3) is 0 Å². The van der Waals surface area contributed by atoms with Crippen LogP contribution in [0.3, 0.4) is 0 Å². The molecule has 1 unspecified atom stereocenters. The summed E-state index contributed by atoms with van der Waals surface area (Å²) < 4.78 is 5.26. The molecule has 4 heteroatoms. The monoisotopic (exact) mass is 266 g/mol. The van der Waals surface area contributed by atoms with Crippen molar-refractivity contribution in [2.45, 2.75) is 39.2 Å². The van der Waals surface area contributed by atoms with Gasteiger partial charge in [0.15, 0.2) is 5.60 Å². The molecule has 0 spiro atoms. The third kappa shape index (κ3) is 2.73. The maximum absolute atomic E-state index is 11.4. The van der Waals surface area contributed by atoms with E-state index >= 15 is 0 Å². The van der Waals surface area contributed by atoms with E-state index in [1.165, 1.54) is 7.11 Å². The molecule has 0 saturated carbocycles. The van der Waals surface area contributed by atoms with Crippen LogP contribution in [0.4, 0.5) is 0 Å². The molecule has 1 aromatic carbocycles. The summed E-state index contributed by atoms with van der Waals surface area (Å²) in [6, 6.07) is 5.26. The van der Waals surface area contributed by atoms with Gasteiger partial charge in [0.2, 0.25) is 0 Å². The Bertz CT molecular complexity index is 465. The standard InChI is InChI=1S/C15H22O4/c1-9(2)11-6-7-12(13(8-11)19-5)15(18,10(3)4)14(16)17/h6-10,18H,1-5H3,(H,16,17). The molecule has 1 rings (SSSR count). The van der Waals surface area contributed by atoms with Crippen molar-refractivity contribution < 1.29 is 19.7 Å². The number of aliphatic hydroxyl groups is 1. The first-order valence-electron chi connectivity index (χ1n) is 6.39. The molecule has 1 aromatic rings. The second-order valence-electron chi connectivity index (χ2n) is 5.34. The summed E-state index contributed by atoms with van der Waals surface area (Å²) in [5.74, 6) is -1.02. The Morgan fingerprint density at radius 3 is 2.21 bits per heavy atom. The van der Waals surface area contributed by atoms with E-state index in [2.05, 4.69) is 0 Å². The Balaban J connectivity index is 3.44. The number of ether oxygens (including phenoxy) is 1. The Hall–Kier alpha value is -1.55. The highest BCUT2D eigenvalue weighted by Gasteiger charge is 2.43. The quantitative estimate of drug-likeness (QED) is 0.860. The van der Waals surface area contributed by atoms with Gasteiger partial charge in [-0.2, -0.15) is 0 Å². The van der Waals surface area contributed by atoms with Crippen LogP contribution in [0.25, 0.3) is 0 Å². The summed E-state index contributed by atoms with van der Waals surface area (Å²) in [7, 11) is 1.48. The van der Waals surface area contributed by atoms with Gasteiger partial charge in [0, 0.05) is 5.56 Å². The minimum absolute atomic E-state index is 0.293. The summed E-state index contributed by atoms with van der Waals surface area (Å²) in [5, 5.41) is 19.8. The molecule has 0 radical (unpaired) electrons. The van der Waals surface area contributed by atoms with Crippen LogP contribution in [0.15, 0.2) is 18.2 Å². The molecule has 0 aromatic heterocycles. The first kappa shape index (κ1) is 15.5. The van der Waals surface area contributed by atoms with E-state index in [4.69, 9.17) is 4.74 Å². The van der Waals surface area contributed by atoms with Crippen molar-refractivity contribution in [2.24, 2.45) is 5.92 Å². The molecule has 0 heterocycles. The molecule has 0 amide bonds. The maximum Gasteiger partial charge on any atom is 0.340 e. The number of aliphatic carboxylic acids is 1. The summed E-state index contributed by atoms with van der Waals surface area (Å²) in [6.45, 7) is 7.43. The topological polar surface area (TPSA) is 66.8 Å². The zero-order valence-electron chi connectivity index (χ0n) is 12.1. The number of carbonyl (C=O) groups is 1. The Morgan fingerprint density at radius 2 is 1.84 bits per heavy atom. The third-order valence-corrected chi connectivity index (χ3v) is 3.46. The van der Waals surface area contributed by atoms with Crippen LogP contribution >= 0.6 is 0 Å². The van der Waals surface area contributed by atoms with Crippen LogP contribution < -0.4 is 4.74 Å². The molecule has 0 saturated heterocycles. The van der Waals surface area contributed by atoms with E-state index in [0.29, 0.717) is 17.2 Å². The van der Waals surface area contributed by atoms with Gasteiger partial charge in [-0.25, -0.2) is 4.79 Å². The van der Waals surface area contributed by atoms with Gasteiger partial charge in [0.05, 0.1) is 7.11 Å². The SMILES string of the molecule is COc1cc(C(C)C)ccc1C(O)(C(=O)O)C(C)C. The molecule has 2 N–H and O–H groups in total. The van der Waals surface area contributed by atoms with Gasteiger partial charge in [-0.05, 0) is 23.5 Å². The van der Waals surface area contributed by atoms with Crippen LogP contribution in [-0.4, -0.2) is 23.3 Å². The van der Waals surface area contributed by atoms with Crippen LogP contribution in [-0.2, 0) is 10.4 Å². The Kier molecular flexibility index (Phi) is 4.58. The normalized spacial score (nSPS) is 14.5. The van der Waals surface area contributed by atoms with E-state index in [1.54, 1.807) is 26.0 Å². The summed E-state index contributed by atoms with van der Waals surface area (Å²) in [6.07, 6.45) is 0. The lowest BCUT2D eigenvalue weighted by atomic mass is 9.82. The van der Waals surface area contributed by atoms with Gasteiger partial charge in [-0.1, -0.05) is 39.8 Å². The van der Waals surface area contributed by atoms with E-state index in [-0.39, 0.29) is 0 Å². The Labute approximate surface area is 114 Å². The lowest BCUT2D eigenvalue weighted by molar-refractivity contribution is -0.165. The minimum Gasteiger partial charge on any atom is -0.496 e. The van der Waals surface area contributed by atoms with Gasteiger partial charge in [0.1, 0.15) is 5.75 Å². The average Bonchev–Trinajstić information content (AvgIpc) is 2.36. The van der Waals surface area contributed by atoms with Gasteiger partial charge in [-0.15, -0.1) is 0 Å². The molecule has 0 aliphatic rings. The van der Waals surface area contributed by atoms with Crippen molar-refractivity contribution in [3.8, 4) is 5.75 Å². The third-order valence-electron chi connectivity index (χ3n) is 3.46. The number of methoxy groups -OCH3 is 1. The molecule has 0 bridgehead atoms. The molecule has 0 aliphatic carbocycles. The van der Waals surface area contributed by atoms with E-state index in [9.17, 15) is 15.0 Å². The molecule has 0 aliphatic heterocycles. The van der Waals surface area contributed by atoms with E-state index in [0.717, 1.165) is 5.56 Å². The fourth-order valence-corrected chi connectivity index (χ4v) is 2.05. The molecule has 4 nitrogen and oxygen atoms in total. The predicted octanol–water partition coefficient (Wildman–Crippen LogP) is 2.75. The van der Waals surface area contributed by atoms with E-state index < -0.39 is 17.5 Å². The van der Waals surface area contributed by atoms with Crippen molar-refractivity contribution in [3.05, 3.63) is 29.3 Å². The van der Waals surface area contributed by atoms with Crippen LogP contribution in [0.1, 0.15) is 44.7 Å². The Morgan fingerprint density at radius 1 is 1.26 bits per heavy atom. The van der Waals surface area contributed by atoms with Gasteiger partial charge >= 0.3 is 5.97 Å². The lowest BCUT2D eigenvalue weighted by Gasteiger charge is -2.29. The van der Waals surface area contributed by atoms with Crippen LogP contribution in [0, 0.1) is 5.92 Å². The number of hydrogen-bond acceptors (Lipinski definition) is 3. The maximum atomic E-state index is 11.4. The highest BCUT2D eigenvalue weighted by molar-refractivity contribution is 5.80. The second-order valence-corrected chi connectivity index (χ2v) is 5.34. The summed E-state index contributed by atoms with van der Waals surface area (Å²) in [5.41, 5.74) is -0.611. The molecule has 19 heavy (non-hydrogen) atoms. The molecular formula is C15H22O4. The number of hydrogen-bond donors (Lipinski definition) is 2. The molecule has 0 fully saturated rings. The lowest BCUT2D eigenvalue weighted by Crippen LogP contribution is -2.41.